The molecule has 136 valence electrons. The first-order chi connectivity index (χ1) is 12.6. The molecule has 0 aromatic heterocycles. The monoisotopic (exact) mass is 391 g/mol. The van der Waals surface area contributed by atoms with Gasteiger partial charge in [0.2, 0.25) is 0 Å². The van der Waals surface area contributed by atoms with Gasteiger partial charge >= 0.3 is 0 Å². The number of nitrogens with zero attached hydrogens (tertiary/aromatic N) is 1. The van der Waals surface area contributed by atoms with E-state index in [9.17, 15) is 0 Å². The quantitative estimate of drug-likeness (QED) is 0.581. The van der Waals surface area contributed by atoms with Gasteiger partial charge in [-0.25, -0.2) is 0 Å². The van der Waals surface area contributed by atoms with E-state index in [1.165, 1.54) is 0 Å². The molecule has 0 atom stereocenters. The summed E-state index contributed by atoms with van der Waals surface area (Å²) in [7, 11) is 1.99. The molecule has 26 heavy (non-hydrogen) atoms. The number of ether oxygens (including phenoxy) is 3. The first-order valence-electron chi connectivity index (χ1n) is 8.18. The van der Waals surface area contributed by atoms with Crippen molar-refractivity contribution in [3.8, 4) is 17.2 Å². The Morgan fingerprint density at radius 2 is 1.54 bits per heavy atom. The summed E-state index contributed by atoms with van der Waals surface area (Å²) in [5, 5.41) is 1.06. The van der Waals surface area contributed by atoms with Gasteiger partial charge in [0.05, 0.1) is 0 Å². The Kier molecular flexibility index (Phi) is 6.31. The molecule has 0 fully saturated rings. The summed E-state index contributed by atoms with van der Waals surface area (Å²) in [4.78, 5) is 2.04. The standard InChI is InChI=1S/C20H19Cl2NO3/c1-23-9-3-2-4-20(23)25-11-10-24-17-5-7-18(8-6-17)26-19-13-15(21)12-16(22)14-19/h2-8,12-14H,9-11H2,1H3. The normalized spacial score (nSPS) is 13.3. The Morgan fingerprint density at radius 3 is 2.23 bits per heavy atom. The number of benzene rings is 2. The first-order valence-corrected chi connectivity index (χ1v) is 8.93. The zero-order valence-corrected chi connectivity index (χ0v) is 15.8. The van der Waals surface area contributed by atoms with Gasteiger partial charge in [-0.05, 0) is 48.5 Å². The summed E-state index contributed by atoms with van der Waals surface area (Å²) in [5.41, 5.74) is 0. The lowest BCUT2D eigenvalue weighted by Gasteiger charge is -2.23. The van der Waals surface area contributed by atoms with Crippen LogP contribution in [0.3, 0.4) is 0 Å². The van der Waals surface area contributed by atoms with Crippen molar-refractivity contribution in [2.45, 2.75) is 0 Å². The van der Waals surface area contributed by atoms with Crippen molar-refractivity contribution in [1.29, 1.82) is 0 Å². The molecule has 0 N–H and O–H groups in total. The molecule has 0 radical (unpaired) electrons. The predicted molar refractivity (Wildman–Crippen MR) is 104 cm³/mol. The molecule has 1 aliphatic heterocycles. The van der Waals surface area contributed by atoms with E-state index in [1.807, 2.05) is 48.4 Å². The zero-order valence-electron chi connectivity index (χ0n) is 14.3. The van der Waals surface area contributed by atoms with E-state index in [-0.39, 0.29) is 0 Å². The van der Waals surface area contributed by atoms with Crippen LogP contribution in [0.25, 0.3) is 0 Å². The number of hydrogen-bond donors (Lipinski definition) is 0. The van der Waals surface area contributed by atoms with Gasteiger partial charge in [0.1, 0.15) is 30.5 Å². The van der Waals surface area contributed by atoms with E-state index >= 15 is 0 Å². The van der Waals surface area contributed by atoms with E-state index < -0.39 is 0 Å². The average molecular weight is 392 g/mol. The van der Waals surface area contributed by atoms with Crippen LogP contribution >= 0.6 is 23.2 Å². The lowest BCUT2D eigenvalue weighted by molar-refractivity contribution is 0.103. The maximum absolute atomic E-state index is 5.97. The lowest BCUT2D eigenvalue weighted by Crippen LogP contribution is -2.23. The van der Waals surface area contributed by atoms with Crippen molar-refractivity contribution < 1.29 is 14.2 Å². The number of likely N-dealkylation sites (N-methyl/N-ethyl adjacent to an activating group) is 1. The van der Waals surface area contributed by atoms with E-state index in [2.05, 4.69) is 6.08 Å². The minimum absolute atomic E-state index is 0.457. The molecule has 0 amide bonds. The molecule has 0 saturated heterocycles. The Labute approximate surface area is 163 Å². The van der Waals surface area contributed by atoms with Crippen LogP contribution in [0.5, 0.6) is 17.2 Å². The Hall–Kier alpha value is -2.30. The molecular formula is C20H19Cl2NO3. The number of hydrogen-bond acceptors (Lipinski definition) is 4. The van der Waals surface area contributed by atoms with Gasteiger partial charge in [0.15, 0.2) is 5.88 Å². The molecule has 2 aromatic rings. The molecule has 6 heteroatoms. The zero-order chi connectivity index (χ0) is 18.4. The number of halogens is 2. The maximum Gasteiger partial charge on any atom is 0.189 e. The van der Waals surface area contributed by atoms with Gasteiger partial charge in [-0.2, -0.15) is 0 Å². The van der Waals surface area contributed by atoms with Crippen LogP contribution in [0.15, 0.2) is 66.6 Å². The molecule has 2 aromatic carbocycles. The summed E-state index contributed by atoms with van der Waals surface area (Å²) in [6, 6.07) is 12.4. The lowest BCUT2D eigenvalue weighted by atomic mass is 10.3. The fraction of sp³-hybridized carbons (Fsp3) is 0.200. The molecule has 1 aliphatic rings. The van der Waals surface area contributed by atoms with Crippen LogP contribution in [0.1, 0.15) is 0 Å². The van der Waals surface area contributed by atoms with Crippen molar-refractivity contribution in [3.05, 3.63) is 76.6 Å². The largest absolute Gasteiger partial charge is 0.490 e. The third kappa shape index (κ3) is 5.35. The Balaban J connectivity index is 1.47. The minimum atomic E-state index is 0.457. The topological polar surface area (TPSA) is 30.9 Å². The predicted octanol–water partition coefficient (Wildman–Crippen LogP) is 5.52. The smallest absolute Gasteiger partial charge is 0.189 e. The molecule has 0 saturated carbocycles. The third-order valence-electron chi connectivity index (χ3n) is 3.63. The maximum atomic E-state index is 5.97. The highest BCUT2D eigenvalue weighted by atomic mass is 35.5. The summed E-state index contributed by atoms with van der Waals surface area (Å²) < 4.78 is 17.1. The molecular weight excluding hydrogens is 373 g/mol. The molecule has 3 rings (SSSR count). The molecule has 0 bridgehead atoms. The second-order valence-electron chi connectivity index (χ2n) is 5.69. The summed E-state index contributed by atoms with van der Waals surface area (Å²) in [5.74, 6) is 2.85. The van der Waals surface area contributed by atoms with Crippen LogP contribution in [-0.2, 0) is 4.74 Å². The van der Waals surface area contributed by atoms with Crippen LogP contribution in [0.4, 0.5) is 0 Å². The van der Waals surface area contributed by atoms with Crippen molar-refractivity contribution >= 4 is 23.2 Å². The van der Waals surface area contributed by atoms with Gasteiger partial charge in [0, 0.05) is 23.6 Å². The van der Waals surface area contributed by atoms with Crippen molar-refractivity contribution in [2.75, 3.05) is 26.8 Å². The van der Waals surface area contributed by atoms with Gasteiger partial charge in [-0.15, -0.1) is 0 Å². The highest BCUT2D eigenvalue weighted by Gasteiger charge is 2.06. The number of allylic oxidation sites excluding steroid dienone is 2. The molecule has 4 nitrogen and oxygen atoms in total. The molecule has 0 aliphatic carbocycles. The summed E-state index contributed by atoms with van der Waals surface area (Å²) in [6.07, 6.45) is 6.00. The average Bonchev–Trinajstić information content (AvgIpc) is 2.61. The summed E-state index contributed by atoms with van der Waals surface area (Å²) >= 11 is 11.9. The van der Waals surface area contributed by atoms with Crippen LogP contribution < -0.4 is 9.47 Å². The molecule has 0 unspecified atom stereocenters. The van der Waals surface area contributed by atoms with Crippen molar-refractivity contribution in [1.82, 2.24) is 4.90 Å². The van der Waals surface area contributed by atoms with Gasteiger partial charge in [-0.3, -0.25) is 0 Å². The van der Waals surface area contributed by atoms with E-state index in [1.54, 1.807) is 18.2 Å². The molecule has 1 heterocycles. The van der Waals surface area contributed by atoms with Crippen LogP contribution in [-0.4, -0.2) is 31.7 Å². The fourth-order valence-electron chi connectivity index (χ4n) is 2.38. The van der Waals surface area contributed by atoms with Gasteiger partial charge in [0.25, 0.3) is 0 Å². The second kappa shape index (κ2) is 8.88. The van der Waals surface area contributed by atoms with E-state index in [0.717, 1.165) is 18.2 Å². The van der Waals surface area contributed by atoms with Crippen LogP contribution in [0.2, 0.25) is 10.0 Å². The Morgan fingerprint density at radius 1 is 0.885 bits per heavy atom. The summed E-state index contributed by atoms with van der Waals surface area (Å²) in [6.45, 7) is 1.79. The minimum Gasteiger partial charge on any atom is -0.490 e. The second-order valence-corrected chi connectivity index (χ2v) is 6.56. The van der Waals surface area contributed by atoms with Crippen molar-refractivity contribution in [2.24, 2.45) is 0 Å². The van der Waals surface area contributed by atoms with E-state index in [0.29, 0.717) is 34.8 Å². The fourth-order valence-corrected chi connectivity index (χ4v) is 2.88. The highest BCUT2D eigenvalue weighted by molar-refractivity contribution is 6.34. The first kappa shape index (κ1) is 18.5. The van der Waals surface area contributed by atoms with Crippen LogP contribution in [0, 0.1) is 0 Å². The van der Waals surface area contributed by atoms with Gasteiger partial charge < -0.3 is 19.1 Å². The van der Waals surface area contributed by atoms with E-state index in [4.69, 9.17) is 37.4 Å². The SMILES string of the molecule is CN1CC=CC=C1OCCOc1ccc(Oc2cc(Cl)cc(Cl)c2)cc1. The third-order valence-corrected chi connectivity index (χ3v) is 4.06. The number of rotatable bonds is 7. The highest BCUT2D eigenvalue weighted by Crippen LogP contribution is 2.29. The molecule has 0 spiro atoms. The van der Waals surface area contributed by atoms with Gasteiger partial charge in [-0.1, -0.05) is 35.4 Å². The Bertz CT molecular complexity index is 783. The van der Waals surface area contributed by atoms with Crippen molar-refractivity contribution in [3.63, 3.8) is 0 Å².